The first kappa shape index (κ1) is 16.5. The lowest BCUT2D eigenvalue weighted by molar-refractivity contribution is -0.138. The first-order valence-corrected chi connectivity index (χ1v) is 6.75. The third-order valence-electron chi connectivity index (χ3n) is 2.98. The van der Waals surface area contributed by atoms with E-state index in [4.69, 9.17) is 5.11 Å². The summed E-state index contributed by atoms with van der Waals surface area (Å²) < 4.78 is 27.5. The minimum absolute atomic E-state index is 0.0103. The van der Waals surface area contributed by atoms with Crippen molar-refractivity contribution in [1.29, 1.82) is 0 Å². The zero-order chi connectivity index (χ0) is 16.8. The number of carboxylic acids is 1. The topological polar surface area (TPSA) is 97.1 Å². The van der Waals surface area contributed by atoms with E-state index in [-0.39, 0.29) is 37.4 Å². The fourth-order valence-electron chi connectivity index (χ4n) is 1.90. The second-order valence-electron chi connectivity index (χ2n) is 4.81. The lowest BCUT2D eigenvalue weighted by Crippen LogP contribution is -2.23. The molecule has 2 rings (SSSR count). The molecule has 7 nitrogen and oxygen atoms in total. The summed E-state index contributed by atoms with van der Waals surface area (Å²) in [6.45, 7) is -0.246. The van der Waals surface area contributed by atoms with Crippen LogP contribution in [0.1, 0.15) is 17.7 Å². The fraction of sp³-hybridized carbons (Fsp3) is 0.286. The Balaban J connectivity index is 1.80. The van der Waals surface area contributed by atoms with Gasteiger partial charge in [-0.15, -0.1) is 5.10 Å². The van der Waals surface area contributed by atoms with Crippen LogP contribution in [0, 0.1) is 11.6 Å². The maximum Gasteiger partial charge on any atom is 0.325 e. The molecule has 2 aromatic rings. The highest BCUT2D eigenvalue weighted by atomic mass is 19.1. The molecule has 0 aliphatic heterocycles. The Morgan fingerprint density at radius 2 is 2.09 bits per heavy atom. The van der Waals surface area contributed by atoms with Crippen LogP contribution >= 0.6 is 0 Å². The summed E-state index contributed by atoms with van der Waals surface area (Å²) in [6.07, 6.45) is 1.46. The Labute approximate surface area is 129 Å². The van der Waals surface area contributed by atoms with Crippen molar-refractivity contribution in [2.45, 2.75) is 25.9 Å². The normalized spacial score (nSPS) is 10.5. The Morgan fingerprint density at radius 3 is 2.83 bits per heavy atom. The standard InChI is InChI=1S/C14H14F2N4O3/c15-10-2-3-12(16)9(5-10)1-4-13(21)17-6-11-7-20(19-18-11)8-14(22)23/h2-3,5,7H,1,4,6,8H2,(H,17,21)(H,22,23). The van der Waals surface area contributed by atoms with Crippen molar-refractivity contribution in [3.8, 4) is 0 Å². The van der Waals surface area contributed by atoms with Crippen LogP contribution in [0.2, 0.25) is 0 Å². The highest BCUT2D eigenvalue weighted by Crippen LogP contribution is 2.11. The molecule has 0 aliphatic rings. The molecule has 0 spiro atoms. The fourth-order valence-corrected chi connectivity index (χ4v) is 1.90. The first-order valence-electron chi connectivity index (χ1n) is 6.75. The van der Waals surface area contributed by atoms with Gasteiger partial charge < -0.3 is 10.4 Å². The van der Waals surface area contributed by atoms with Crippen molar-refractivity contribution in [1.82, 2.24) is 20.3 Å². The van der Waals surface area contributed by atoms with Crippen molar-refractivity contribution in [2.75, 3.05) is 0 Å². The highest BCUT2D eigenvalue weighted by molar-refractivity contribution is 5.76. The number of amides is 1. The molecule has 0 saturated heterocycles. The number of rotatable bonds is 7. The quantitative estimate of drug-likeness (QED) is 0.788. The Hall–Kier alpha value is -2.84. The number of hydrogen-bond acceptors (Lipinski definition) is 4. The number of carboxylic acid groups (broad SMARTS) is 1. The summed E-state index contributed by atoms with van der Waals surface area (Å²) in [7, 11) is 0. The number of carbonyl (C=O) groups excluding carboxylic acids is 1. The molecule has 2 N–H and O–H groups in total. The van der Waals surface area contributed by atoms with E-state index < -0.39 is 17.6 Å². The highest BCUT2D eigenvalue weighted by Gasteiger charge is 2.09. The molecule has 0 aliphatic carbocycles. The average Bonchev–Trinajstić information content (AvgIpc) is 2.92. The van der Waals surface area contributed by atoms with Gasteiger partial charge in [-0.1, -0.05) is 5.21 Å². The maximum atomic E-state index is 13.4. The number of aliphatic carboxylic acids is 1. The Morgan fingerprint density at radius 1 is 1.30 bits per heavy atom. The molecule has 0 bridgehead atoms. The number of nitrogens with zero attached hydrogens (tertiary/aromatic N) is 3. The monoisotopic (exact) mass is 324 g/mol. The number of halogens is 2. The smallest absolute Gasteiger partial charge is 0.325 e. The van der Waals surface area contributed by atoms with Gasteiger partial charge in [-0.05, 0) is 30.2 Å². The summed E-state index contributed by atoms with van der Waals surface area (Å²) >= 11 is 0. The second kappa shape index (κ2) is 7.43. The third-order valence-corrected chi connectivity index (χ3v) is 2.98. The van der Waals surface area contributed by atoms with Gasteiger partial charge in [0.2, 0.25) is 5.91 Å². The van der Waals surface area contributed by atoms with Gasteiger partial charge in [0.15, 0.2) is 0 Å². The minimum atomic E-state index is -1.05. The number of aromatic nitrogens is 3. The van der Waals surface area contributed by atoms with Crippen molar-refractivity contribution in [3.05, 3.63) is 47.3 Å². The van der Waals surface area contributed by atoms with Gasteiger partial charge in [0, 0.05) is 6.42 Å². The first-order chi connectivity index (χ1) is 10.9. The van der Waals surface area contributed by atoms with Crippen LogP contribution in [-0.2, 0) is 29.1 Å². The summed E-state index contributed by atoms with van der Waals surface area (Å²) in [4.78, 5) is 22.2. The number of hydrogen-bond donors (Lipinski definition) is 2. The molecule has 1 aromatic carbocycles. The zero-order valence-corrected chi connectivity index (χ0v) is 12.0. The van der Waals surface area contributed by atoms with E-state index in [2.05, 4.69) is 15.6 Å². The van der Waals surface area contributed by atoms with E-state index in [0.717, 1.165) is 22.9 Å². The van der Waals surface area contributed by atoms with Gasteiger partial charge in [-0.25, -0.2) is 13.5 Å². The molecule has 122 valence electrons. The van der Waals surface area contributed by atoms with Crippen molar-refractivity contribution in [3.63, 3.8) is 0 Å². The maximum absolute atomic E-state index is 13.4. The molecule has 9 heteroatoms. The Kier molecular flexibility index (Phi) is 5.34. The summed E-state index contributed by atoms with van der Waals surface area (Å²) in [5, 5.41) is 18.5. The van der Waals surface area contributed by atoms with E-state index in [9.17, 15) is 18.4 Å². The van der Waals surface area contributed by atoms with Crippen LogP contribution < -0.4 is 5.32 Å². The number of benzene rings is 1. The molecular weight excluding hydrogens is 310 g/mol. The molecule has 23 heavy (non-hydrogen) atoms. The second-order valence-corrected chi connectivity index (χ2v) is 4.81. The molecule has 1 heterocycles. The molecule has 0 radical (unpaired) electrons. The van der Waals surface area contributed by atoms with Crippen molar-refractivity contribution >= 4 is 11.9 Å². The summed E-state index contributed by atoms with van der Waals surface area (Å²) in [6, 6.07) is 3.09. The minimum Gasteiger partial charge on any atom is -0.480 e. The molecule has 1 aromatic heterocycles. The lowest BCUT2D eigenvalue weighted by Gasteiger charge is -2.04. The van der Waals surface area contributed by atoms with Crippen LogP contribution in [0.3, 0.4) is 0 Å². The zero-order valence-electron chi connectivity index (χ0n) is 12.0. The molecule has 0 fully saturated rings. The molecular formula is C14H14F2N4O3. The van der Waals surface area contributed by atoms with E-state index in [1.165, 1.54) is 6.20 Å². The van der Waals surface area contributed by atoms with Gasteiger partial charge in [0.05, 0.1) is 12.7 Å². The van der Waals surface area contributed by atoms with E-state index in [1.54, 1.807) is 0 Å². The van der Waals surface area contributed by atoms with E-state index in [1.807, 2.05) is 0 Å². The Bertz CT molecular complexity index is 718. The molecule has 0 saturated carbocycles. The van der Waals surface area contributed by atoms with Crippen LogP contribution in [0.4, 0.5) is 8.78 Å². The lowest BCUT2D eigenvalue weighted by atomic mass is 10.1. The van der Waals surface area contributed by atoms with E-state index in [0.29, 0.717) is 5.69 Å². The molecule has 0 unspecified atom stereocenters. The number of nitrogens with one attached hydrogen (secondary N) is 1. The predicted octanol–water partition coefficient (Wildman–Crippen LogP) is 0.890. The van der Waals surface area contributed by atoms with Crippen LogP contribution in [0.15, 0.2) is 24.4 Å². The predicted molar refractivity (Wildman–Crippen MR) is 74.2 cm³/mol. The van der Waals surface area contributed by atoms with E-state index >= 15 is 0 Å². The van der Waals surface area contributed by atoms with Gasteiger partial charge >= 0.3 is 5.97 Å². The van der Waals surface area contributed by atoms with Crippen LogP contribution in [-0.4, -0.2) is 32.0 Å². The van der Waals surface area contributed by atoms with Crippen molar-refractivity contribution < 1.29 is 23.5 Å². The van der Waals surface area contributed by atoms with Crippen LogP contribution in [0.25, 0.3) is 0 Å². The van der Waals surface area contributed by atoms with Gasteiger partial charge in [-0.3, -0.25) is 9.59 Å². The SMILES string of the molecule is O=C(O)Cn1cc(CNC(=O)CCc2cc(F)ccc2F)nn1. The van der Waals surface area contributed by atoms with Gasteiger partial charge in [-0.2, -0.15) is 0 Å². The number of aryl methyl sites for hydroxylation is 1. The molecule has 0 atom stereocenters. The van der Waals surface area contributed by atoms with Crippen LogP contribution in [0.5, 0.6) is 0 Å². The summed E-state index contributed by atoms with van der Waals surface area (Å²) in [5.74, 6) is -2.53. The van der Waals surface area contributed by atoms with Gasteiger partial charge in [0.1, 0.15) is 23.9 Å². The largest absolute Gasteiger partial charge is 0.480 e. The average molecular weight is 324 g/mol. The molecule has 1 amide bonds. The van der Waals surface area contributed by atoms with Crippen molar-refractivity contribution in [2.24, 2.45) is 0 Å². The number of carbonyl (C=O) groups is 2. The van der Waals surface area contributed by atoms with Gasteiger partial charge in [0.25, 0.3) is 0 Å². The summed E-state index contributed by atoms with van der Waals surface area (Å²) in [5.41, 5.74) is 0.532. The third kappa shape index (κ3) is 5.13.